The Morgan fingerprint density at radius 1 is 0.0870 bits per heavy atom. The van der Waals surface area contributed by atoms with Gasteiger partial charge in [0.05, 0.1) is 0 Å². The van der Waals surface area contributed by atoms with Crippen LogP contribution >= 0.6 is 0 Å². The van der Waals surface area contributed by atoms with Gasteiger partial charge in [-0.3, -0.25) is 0 Å². The molecule has 0 fully saturated rings. The molecule has 0 saturated heterocycles. The quantitative estimate of drug-likeness (QED) is 0.110. The van der Waals surface area contributed by atoms with Crippen LogP contribution in [0.1, 0.15) is 0 Å². The van der Waals surface area contributed by atoms with Crippen LogP contribution in [0.2, 0.25) is 0 Å². The summed E-state index contributed by atoms with van der Waals surface area (Å²) in [7, 11) is 0. The highest BCUT2D eigenvalue weighted by atomic mass is 15.1. The Hall–Kier alpha value is -18.6. The van der Waals surface area contributed by atoms with Gasteiger partial charge < -0.3 is 0 Å². The molecule has 0 aliphatic heterocycles. The van der Waals surface area contributed by atoms with E-state index in [0.29, 0.717) is 52.4 Å². The van der Waals surface area contributed by atoms with Crippen molar-refractivity contribution >= 4 is 129 Å². The molecule has 0 atom stereocenters. The van der Waals surface area contributed by atoms with E-state index in [4.69, 9.17) is 44.9 Å². The molecular weight excluding hydrogens is 1680 g/mol. The second-order valence-corrected chi connectivity index (χ2v) is 34.9. The van der Waals surface area contributed by atoms with Gasteiger partial charge in [-0.15, -0.1) is 0 Å². The molecule has 9 nitrogen and oxygen atoms in total. The summed E-state index contributed by atoms with van der Waals surface area (Å²) in [5, 5.41) is 29.7. The molecule has 0 unspecified atom stereocenters. The van der Waals surface area contributed by atoms with Crippen molar-refractivity contribution in [3.63, 3.8) is 0 Å². The maximum atomic E-state index is 5.11. The van der Waals surface area contributed by atoms with Crippen molar-refractivity contribution in [1.82, 2.24) is 44.9 Å². The van der Waals surface area contributed by atoms with Crippen molar-refractivity contribution < 1.29 is 0 Å². The van der Waals surface area contributed by atoms with Gasteiger partial charge in [-0.05, 0) is 187 Å². The first-order valence-electron chi connectivity index (χ1n) is 46.6. The van der Waals surface area contributed by atoms with Crippen LogP contribution in [-0.2, 0) is 0 Å². The van der Waals surface area contributed by atoms with Gasteiger partial charge in [0.1, 0.15) is 0 Å². The van der Waals surface area contributed by atoms with Gasteiger partial charge >= 0.3 is 0 Å². The molecule has 0 aliphatic carbocycles. The Bertz CT molecular complexity index is 9250. The largest absolute Gasteiger partial charge is 0.208 e. The van der Waals surface area contributed by atoms with Gasteiger partial charge in [0.2, 0.25) is 0 Å². The third-order valence-corrected chi connectivity index (χ3v) is 26.7. The van der Waals surface area contributed by atoms with Crippen molar-refractivity contribution in [3.8, 4) is 136 Å². The molecule has 24 aromatic carbocycles. The molecule has 0 radical (unpaired) electrons. The number of fused-ring (bicyclic) bond motifs is 18. The molecule has 0 amide bonds. The highest BCUT2D eigenvalue weighted by Gasteiger charge is 2.22. The molecule has 3 aromatic heterocycles. The third kappa shape index (κ3) is 15.3. The summed E-state index contributed by atoms with van der Waals surface area (Å²) in [5.74, 6) is 5.91. The lowest BCUT2D eigenvalue weighted by atomic mass is 9.89. The fraction of sp³-hybridized carbons (Fsp3) is 0. The first kappa shape index (κ1) is 81.4. The maximum absolute atomic E-state index is 5.11. The van der Waals surface area contributed by atoms with Gasteiger partial charge in [0, 0.05) is 50.1 Å². The van der Waals surface area contributed by atoms with E-state index in [-0.39, 0.29) is 0 Å². The molecule has 0 spiro atoms. The second kappa shape index (κ2) is 35.2. The Labute approximate surface area is 795 Å². The van der Waals surface area contributed by atoms with Crippen LogP contribution in [0.5, 0.6) is 0 Å². The van der Waals surface area contributed by atoms with Gasteiger partial charge in [0.25, 0.3) is 0 Å². The molecule has 0 aliphatic rings. The molecular formula is C129H81N9. The molecule has 138 heavy (non-hydrogen) atoms. The molecule has 0 N–H and O–H groups in total. The molecule has 3 heterocycles. The van der Waals surface area contributed by atoms with E-state index in [9.17, 15) is 0 Å². The number of hydrogen-bond acceptors (Lipinski definition) is 9. The van der Waals surface area contributed by atoms with E-state index < -0.39 is 0 Å². The van der Waals surface area contributed by atoms with E-state index in [1.807, 2.05) is 121 Å². The highest BCUT2D eigenvalue weighted by Crippen LogP contribution is 2.45. The van der Waals surface area contributed by atoms with Crippen LogP contribution in [0.25, 0.3) is 265 Å². The number of rotatable bonds is 12. The normalized spacial score (nSPS) is 11.5. The van der Waals surface area contributed by atoms with Crippen molar-refractivity contribution in [1.29, 1.82) is 0 Å². The van der Waals surface area contributed by atoms with E-state index in [0.717, 1.165) is 82.7 Å². The predicted molar refractivity (Wildman–Crippen MR) is 575 cm³/mol. The minimum atomic E-state index is 0.644. The summed E-state index contributed by atoms with van der Waals surface area (Å²) in [6, 6.07) is 173. The van der Waals surface area contributed by atoms with Crippen LogP contribution < -0.4 is 0 Å². The minimum absolute atomic E-state index is 0.644. The summed E-state index contributed by atoms with van der Waals surface area (Å²) in [6.45, 7) is 0. The Kier molecular flexibility index (Phi) is 20.8. The number of aromatic nitrogens is 9. The van der Waals surface area contributed by atoms with E-state index in [1.165, 1.54) is 130 Å². The van der Waals surface area contributed by atoms with Crippen LogP contribution in [-0.4, -0.2) is 44.9 Å². The van der Waals surface area contributed by atoms with Gasteiger partial charge in [0.15, 0.2) is 52.4 Å². The Morgan fingerprint density at radius 2 is 0.297 bits per heavy atom. The monoisotopic (exact) mass is 1760 g/mol. The average Bonchev–Trinajstić information content (AvgIpc) is 0.700. The van der Waals surface area contributed by atoms with Crippen molar-refractivity contribution in [3.05, 3.63) is 491 Å². The van der Waals surface area contributed by atoms with Crippen molar-refractivity contribution in [2.45, 2.75) is 0 Å². The number of hydrogen-bond donors (Lipinski definition) is 0. The van der Waals surface area contributed by atoms with Gasteiger partial charge in [-0.1, -0.05) is 467 Å². The number of benzene rings is 24. The maximum Gasteiger partial charge on any atom is 0.164 e. The van der Waals surface area contributed by atoms with Crippen LogP contribution in [0, 0.1) is 0 Å². The van der Waals surface area contributed by atoms with Crippen molar-refractivity contribution in [2.24, 2.45) is 0 Å². The minimum Gasteiger partial charge on any atom is -0.208 e. The topological polar surface area (TPSA) is 116 Å². The lowest BCUT2D eigenvalue weighted by Crippen LogP contribution is -2.00. The fourth-order valence-corrected chi connectivity index (χ4v) is 19.9. The van der Waals surface area contributed by atoms with Crippen LogP contribution in [0.4, 0.5) is 0 Å². The summed E-state index contributed by atoms with van der Waals surface area (Å²) in [4.78, 5) is 44.9. The van der Waals surface area contributed by atoms with E-state index in [1.54, 1.807) is 0 Å². The zero-order valence-corrected chi connectivity index (χ0v) is 74.8. The third-order valence-electron chi connectivity index (χ3n) is 26.7. The van der Waals surface area contributed by atoms with Crippen LogP contribution in [0.3, 0.4) is 0 Å². The molecule has 27 aromatic rings. The zero-order chi connectivity index (χ0) is 91.4. The Morgan fingerprint density at radius 3 is 0.703 bits per heavy atom. The summed E-state index contributed by atoms with van der Waals surface area (Å²) in [5.41, 5.74) is 15.7. The van der Waals surface area contributed by atoms with E-state index >= 15 is 0 Å². The van der Waals surface area contributed by atoms with Gasteiger partial charge in [-0.25, -0.2) is 44.9 Å². The average molecular weight is 1760 g/mol. The molecule has 9 heteroatoms. The second-order valence-electron chi connectivity index (χ2n) is 34.9. The van der Waals surface area contributed by atoms with Crippen molar-refractivity contribution in [2.75, 3.05) is 0 Å². The summed E-state index contributed by atoms with van der Waals surface area (Å²) < 4.78 is 0. The SMILES string of the molecule is c1cc(-c2nc(-c3ccc4ccccc4c3)nc(-c3ccc4ccccc4c3)n2)cc(-c2cccc3c2ccc2c4ccccc4ccc32)c1.c1ccc(-c2nc(-c3ccccc3)nc(-c3ccc(-c4cccc5c4ccc4c6ccccc6ccc54)c4ccccc34)n2)cc1.c1ccc(-c2nc(-c3ccccc3)nc(-c3ccc(-c4cccc5c4ccc4c6ccccc6ccc54)cc3)n2)cc1. The zero-order valence-electron chi connectivity index (χ0n) is 74.8. The highest BCUT2D eigenvalue weighted by molar-refractivity contribution is 6.23. The lowest BCUT2D eigenvalue weighted by Gasteiger charge is -2.15. The molecule has 0 bridgehead atoms. The standard InChI is InChI=1S/C47H29N3.C43H27N3.C39H25N3/c1-3-12-33-27-37(21-19-30(33)9-1)46-48-45(49-47(50-46)38-22-20-31-10-2-4-13-34(31)28-38)36-15-7-14-35(29-36)40-17-8-18-41-43(40)26-25-42-39-16-6-5-11-32(39)23-24-44(41)42;1-3-13-29(14-4-1)41-44-42(30-15-5-2-6-16-30)46-43(45-41)40-27-26-39(32-18-9-10-19-35(32)40)34-21-11-20-33-37-23-22-28-12-7-8-17-31(28)36(37)24-25-38(33)34;1-3-11-28(12-4-1)37-40-38(29-13-5-2-6-14-29)42-39(41-37)30-20-18-27(19-21-30)32-16-9-17-33-34(32)24-25-35-31-15-8-7-10-26(31)22-23-36(33)35/h1-29H;1-27H;1-25H. The first-order chi connectivity index (χ1) is 68.4. The van der Waals surface area contributed by atoms with Crippen LogP contribution in [0.15, 0.2) is 491 Å². The number of nitrogens with zero attached hydrogens (tertiary/aromatic N) is 9. The molecule has 0 saturated carbocycles. The first-order valence-corrected chi connectivity index (χ1v) is 46.6. The Balaban J connectivity index is 0.000000110. The fourth-order valence-electron chi connectivity index (χ4n) is 19.9. The molecule has 27 rings (SSSR count). The lowest BCUT2D eigenvalue weighted by molar-refractivity contribution is 1.07. The van der Waals surface area contributed by atoms with Gasteiger partial charge in [-0.2, -0.15) is 0 Å². The molecule has 642 valence electrons. The summed E-state index contributed by atoms with van der Waals surface area (Å²) in [6.07, 6.45) is 0. The summed E-state index contributed by atoms with van der Waals surface area (Å²) >= 11 is 0. The predicted octanol–water partition coefficient (Wildman–Crippen LogP) is 33.5. The smallest absolute Gasteiger partial charge is 0.164 e. The van der Waals surface area contributed by atoms with E-state index in [2.05, 4.69) is 370 Å².